The van der Waals surface area contributed by atoms with Crippen molar-refractivity contribution in [2.24, 2.45) is 5.73 Å². The summed E-state index contributed by atoms with van der Waals surface area (Å²) in [6.45, 7) is 0.587. The average molecular weight is 193 g/mol. The highest BCUT2D eigenvalue weighted by atomic mass is 79.9. The normalized spacial score (nSPS) is 9.75. The van der Waals surface area contributed by atoms with Crippen molar-refractivity contribution in [3.05, 3.63) is 15.0 Å². The number of nitrogens with zero attached hydrogens (tertiary/aromatic N) is 1. The topological polar surface area (TPSA) is 38.9 Å². The predicted molar refractivity (Wildman–Crippen MR) is 37.7 cm³/mol. The van der Waals surface area contributed by atoms with Crippen LogP contribution in [0.3, 0.4) is 0 Å². The number of thiazole rings is 1. The van der Waals surface area contributed by atoms with Gasteiger partial charge in [-0.05, 0) is 15.9 Å². The van der Waals surface area contributed by atoms with Crippen LogP contribution >= 0.6 is 27.3 Å². The van der Waals surface area contributed by atoms with Crippen LogP contribution in [-0.4, -0.2) is 4.98 Å². The van der Waals surface area contributed by atoms with Crippen molar-refractivity contribution in [3.63, 3.8) is 0 Å². The zero-order chi connectivity index (χ0) is 5.98. The highest BCUT2D eigenvalue weighted by Gasteiger charge is 1.92. The second-order valence-corrected chi connectivity index (χ2v) is 3.67. The first-order valence-electron chi connectivity index (χ1n) is 2.13. The molecule has 0 aromatic carbocycles. The van der Waals surface area contributed by atoms with Gasteiger partial charge < -0.3 is 5.73 Å². The number of halogens is 1. The maximum Gasteiger partial charge on any atom is 0.159 e. The van der Waals surface area contributed by atoms with Crippen LogP contribution in [0.25, 0.3) is 0 Å². The first-order chi connectivity index (χ1) is 3.83. The Bertz CT molecular complexity index is 174. The van der Waals surface area contributed by atoms with E-state index >= 15 is 0 Å². The van der Waals surface area contributed by atoms with E-state index < -0.39 is 0 Å². The molecule has 0 saturated carbocycles. The van der Waals surface area contributed by atoms with E-state index in [1.54, 1.807) is 17.5 Å². The van der Waals surface area contributed by atoms with Gasteiger partial charge in [0.15, 0.2) is 3.92 Å². The Kier molecular flexibility index (Phi) is 1.99. The van der Waals surface area contributed by atoms with Crippen molar-refractivity contribution < 1.29 is 0 Å². The summed E-state index contributed by atoms with van der Waals surface area (Å²) in [7, 11) is 0. The lowest BCUT2D eigenvalue weighted by molar-refractivity contribution is 1.09. The lowest BCUT2D eigenvalue weighted by Gasteiger charge is -1.78. The van der Waals surface area contributed by atoms with Gasteiger partial charge in [-0.3, -0.25) is 0 Å². The summed E-state index contributed by atoms with van der Waals surface area (Å²) in [6.07, 6.45) is 1.77. The van der Waals surface area contributed by atoms with Crippen molar-refractivity contribution in [1.82, 2.24) is 4.98 Å². The molecule has 0 unspecified atom stereocenters. The number of nitrogens with two attached hydrogens (primary N) is 1. The van der Waals surface area contributed by atoms with E-state index in [4.69, 9.17) is 5.73 Å². The van der Waals surface area contributed by atoms with Crippen LogP contribution < -0.4 is 5.73 Å². The molecule has 1 aromatic heterocycles. The van der Waals surface area contributed by atoms with Gasteiger partial charge in [-0.25, -0.2) is 4.98 Å². The number of aromatic nitrogens is 1. The molecule has 0 bridgehead atoms. The van der Waals surface area contributed by atoms with Crippen LogP contribution in [0, 0.1) is 0 Å². The fourth-order valence-corrected chi connectivity index (χ4v) is 1.61. The fraction of sp³-hybridized carbons (Fsp3) is 0.250. The highest BCUT2D eigenvalue weighted by molar-refractivity contribution is 9.11. The Balaban J connectivity index is 2.84. The molecule has 0 aliphatic heterocycles. The lowest BCUT2D eigenvalue weighted by atomic mass is 10.6. The molecule has 1 rings (SSSR count). The van der Waals surface area contributed by atoms with Gasteiger partial charge in [0.05, 0.1) is 0 Å². The third kappa shape index (κ3) is 1.27. The van der Waals surface area contributed by atoms with Gasteiger partial charge in [0.25, 0.3) is 0 Å². The minimum absolute atomic E-state index is 0.587. The Morgan fingerprint density at radius 3 is 2.88 bits per heavy atom. The molecule has 0 saturated heterocycles. The molecule has 8 heavy (non-hydrogen) atoms. The molecule has 0 radical (unpaired) electrons. The van der Waals surface area contributed by atoms with Crippen molar-refractivity contribution in [1.29, 1.82) is 0 Å². The molecule has 44 valence electrons. The second kappa shape index (κ2) is 2.57. The Labute approximate surface area is 59.9 Å². The van der Waals surface area contributed by atoms with E-state index in [0.29, 0.717) is 6.54 Å². The van der Waals surface area contributed by atoms with Gasteiger partial charge in [-0.2, -0.15) is 0 Å². The monoisotopic (exact) mass is 192 g/mol. The predicted octanol–water partition coefficient (Wildman–Crippen LogP) is 1.36. The summed E-state index contributed by atoms with van der Waals surface area (Å²) in [5, 5.41) is 0. The molecule has 0 aliphatic carbocycles. The summed E-state index contributed by atoms with van der Waals surface area (Å²) in [6, 6.07) is 0. The van der Waals surface area contributed by atoms with Crippen molar-refractivity contribution in [2.75, 3.05) is 0 Å². The fourth-order valence-electron chi connectivity index (χ4n) is 0.378. The molecule has 4 heteroatoms. The van der Waals surface area contributed by atoms with Crippen molar-refractivity contribution >= 4 is 27.3 Å². The van der Waals surface area contributed by atoms with Crippen LogP contribution in [0.2, 0.25) is 0 Å². The van der Waals surface area contributed by atoms with Crippen LogP contribution in [0.5, 0.6) is 0 Å². The van der Waals surface area contributed by atoms with E-state index in [-0.39, 0.29) is 0 Å². The van der Waals surface area contributed by atoms with Gasteiger partial charge in [0.1, 0.15) is 0 Å². The standard InChI is InChI=1S/C4H5BrN2S/c5-4-7-2-3(1-6)8-4/h2H,1,6H2. The van der Waals surface area contributed by atoms with E-state index in [0.717, 1.165) is 8.79 Å². The molecule has 1 heterocycles. The van der Waals surface area contributed by atoms with Gasteiger partial charge in [0.2, 0.25) is 0 Å². The largest absolute Gasteiger partial charge is 0.326 e. The van der Waals surface area contributed by atoms with E-state index in [9.17, 15) is 0 Å². The third-order valence-corrected chi connectivity index (χ3v) is 2.23. The van der Waals surface area contributed by atoms with E-state index in [1.807, 2.05) is 0 Å². The number of hydrogen-bond donors (Lipinski definition) is 1. The maximum atomic E-state index is 5.31. The smallest absolute Gasteiger partial charge is 0.159 e. The van der Waals surface area contributed by atoms with E-state index in [1.165, 1.54) is 0 Å². The van der Waals surface area contributed by atoms with Gasteiger partial charge in [0, 0.05) is 17.6 Å². The summed E-state index contributed by atoms with van der Waals surface area (Å²) in [5.41, 5.74) is 5.31. The SMILES string of the molecule is NCc1cnc(Br)s1. The van der Waals surface area contributed by atoms with Crippen molar-refractivity contribution in [2.45, 2.75) is 6.54 Å². The molecule has 1 aromatic rings. The lowest BCUT2D eigenvalue weighted by Crippen LogP contribution is -1.91. The van der Waals surface area contributed by atoms with Crippen molar-refractivity contribution in [3.8, 4) is 0 Å². The molecule has 0 fully saturated rings. The minimum Gasteiger partial charge on any atom is -0.326 e. The molecular formula is C4H5BrN2S. The maximum absolute atomic E-state index is 5.31. The minimum atomic E-state index is 0.587. The first kappa shape index (κ1) is 6.19. The van der Waals surface area contributed by atoms with E-state index in [2.05, 4.69) is 20.9 Å². The van der Waals surface area contributed by atoms with Crippen LogP contribution in [0.15, 0.2) is 10.1 Å². The molecule has 2 nitrogen and oxygen atoms in total. The summed E-state index contributed by atoms with van der Waals surface area (Å²) < 4.78 is 0.901. The number of rotatable bonds is 1. The molecule has 0 aliphatic rings. The van der Waals surface area contributed by atoms with Crippen LogP contribution in [0.1, 0.15) is 4.88 Å². The van der Waals surface area contributed by atoms with Gasteiger partial charge in [-0.1, -0.05) is 0 Å². The molecule has 2 N–H and O–H groups in total. The summed E-state index contributed by atoms with van der Waals surface area (Å²) in [4.78, 5) is 5.05. The van der Waals surface area contributed by atoms with Gasteiger partial charge in [-0.15, -0.1) is 11.3 Å². The molecular weight excluding hydrogens is 188 g/mol. The first-order valence-corrected chi connectivity index (χ1v) is 3.74. The zero-order valence-electron chi connectivity index (χ0n) is 4.10. The molecule has 0 atom stereocenters. The Morgan fingerprint density at radius 1 is 1.88 bits per heavy atom. The molecule has 0 spiro atoms. The molecule has 0 amide bonds. The zero-order valence-corrected chi connectivity index (χ0v) is 6.50. The van der Waals surface area contributed by atoms with Crippen LogP contribution in [0.4, 0.5) is 0 Å². The highest BCUT2D eigenvalue weighted by Crippen LogP contribution is 2.17. The Morgan fingerprint density at radius 2 is 2.62 bits per heavy atom. The summed E-state index contributed by atoms with van der Waals surface area (Å²) in [5.74, 6) is 0. The average Bonchev–Trinajstić information content (AvgIpc) is 2.14. The Hall–Kier alpha value is 0.0700. The van der Waals surface area contributed by atoms with Crippen LogP contribution in [-0.2, 0) is 6.54 Å². The third-order valence-electron chi connectivity index (χ3n) is 0.727. The number of hydrogen-bond acceptors (Lipinski definition) is 3. The quantitative estimate of drug-likeness (QED) is 0.731. The van der Waals surface area contributed by atoms with Gasteiger partial charge >= 0.3 is 0 Å². The second-order valence-electron chi connectivity index (χ2n) is 1.28. The summed E-state index contributed by atoms with van der Waals surface area (Å²) >= 11 is 4.79.